The van der Waals surface area contributed by atoms with Crippen LogP contribution in [0, 0.1) is 0 Å². The number of aldehydes is 1. The van der Waals surface area contributed by atoms with Gasteiger partial charge in [0.05, 0.1) is 11.0 Å². The van der Waals surface area contributed by atoms with E-state index in [-0.39, 0.29) is 0 Å². The van der Waals surface area contributed by atoms with Gasteiger partial charge in [0.2, 0.25) is 0 Å². The summed E-state index contributed by atoms with van der Waals surface area (Å²) < 4.78 is 0. The first kappa shape index (κ1) is 17.6. The zero-order valence-corrected chi connectivity index (χ0v) is 16.7. The lowest BCUT2D eigenvalue weighted by Gasteiger charge is -2.04. The molecule has 0 unspecified atom stereocenters. The highest BCUT2D eigenvalue weighted by atomic mass is 16.1. The summed E-state index contributed by atoms with van der Waals surface area (Å²) in [5.41, 5.74) is 5.94. The lowest BCUT2D eigenvalue weighted by molar-refractivity contribution is 0.112. The number of imidazole rings is 1. The van der Waals surface area contributed by atoms with Crippen LogP contribution in [-0.4, -0.2) is 16.3 Å². The van der Waals surface area contributed by atoms with Crippen LogP contribution in [-0.2, 0) is 0 Å². The monoisotopic (exact) mass is 398 g/mol. The van der Waals surface area contributed by atoms with Crippen LogP contribution in [0.5, 0.6) is 0 Å². The van der Waals surface area contributed by atoms with Crippen molar-refractivity contribution in [1.82, 2.24) is 9.97 Å². The van der Waals surface area contributed by atoms with Crippen molar-refractivity contribution in [1.29, 1.82) is 0 Å². The van der Waals surface area contributed by atoms with Gasteiger partial charge in [-0.25, -0.2) is 4.98 Å². The number of hydrogen-bond donors (Lipinski definition) is 1. The summed E-state index contributed by atoms with van der Waals surface area (Å²) >= 11 is 0. The fourth-order valence-electron chi connectivity index (χ4n) is 4.27. The maximum absolute atomic E-state index is 10.9. The minimum atomic E-state index is 0.683. The number of carbonyl (C=O) groups excluding carboxylic acids is 1. The van der Waals surface area contributed by atoms with E-state index in [1.165, 1.54) is 16.2 Å². The van der Waals surface area contributed by atoms with E-state index in [9.17, 15) is 4.79 Å². The third-order valence-electron chi connectivity index (χ3n) is 5.91. The molecular weight excluding hydrogens is 380 g/mol. The zero-order chi connectivity index (χ0) is 20.8. The Labute approximate surface area is 179 Å². The molecule has 0 atom stereocenters. The molecule has 146 valence electrons. The Morgan fingerprint density at radius 1 is 0.613 bits per heavy atom. The van der Waals surface area contributed by atoms with Crippen LogP contribution in [0.15, 0.2) is 97.1 Å². The average molecular weight is 398 g/mol. The van der Waals surface area contributed by atoms with Gasteiger partial charge in [-0.3, -0.25) is 4.79 Å². The van der Waals surface area contributed by atoms with Crippen molar-refractivity contribution in [3.63, 3.8) is 0 Å². The second-order valence-electron chi connectivity index (χ2n) is 7.75. The molecule has 0 bridgehead atoms. The van der Waals surface area contributed by atoms with E-state index in [4.69, 9.17) is 4.98 Å². The number of hydrogen-bond acceptors (Lipinski definition) is 2. The summed E-state index contributed by atoms with van der Waals surface area (Å²) in [4.78, 5) is 19.3. The number of carbonyl (C=O) groups is 1. The molecule has 31 heavy (non-hydrogen) atoms. The Kier molecular flexibility index (Phi) is 3.93. The van der Waals surface area contributed by atoms with Crippen LogP contribution in [0.4, 0.5) is 0 Å². The van der Waals surface area contributed by atoms with Crippen molar-refractivity contribution in [2.45, 2.75) is 0 Å². The van der Waals surface area contributed by atoms with E-state index < -0.39 is 0 Å². The third kappa shape index (κ3) is 2.90. The smallest absolute Gasteiger partial charge is 0.150 e. The molecule has 0 saturated heterocycles. The molecule has 1 heterocycles. The van der Waals surface area contributed by atoms with E-state index >= 15 is 0 Å². The van der Waals surface area contributed by atoms with Crippen molar-refractivity contribution in [2.24, 2.45) is 0 Å². The Morgan fingerprint density at radius 2 is 1.29 bits per heavy atom. The molecule has 6 aromatic rings. The highest BCUT2D eigenvalue weighted by Gasteiger charge is 2.10. The molecule has 0 spiro atoms. The number of H-pyrrole nitrogens is 1. The largest absolute Gasteiger partial charge is 0.338 e. The first-order valence-corrected chi connectivity index (χ1v) is 10.3. The Bertz CT molecular complexity index is 1580. The molecule has 0 aliphatic carbocycles. The van der Waals surface area contributed by atoms with Crippen molar-refractivity contribution in [3.05, 3.63) is 103 Å². The summed E-state index contributed by atoms with van der Waals surface area (Å²) in [7, 11) is 0. The molecule has 0 amide bonds. The van der Waals surface area contributed by atoms with Gasteiger partial charge in [0, 0.05) is 16.5 Å². The van der Waals surface area contributed by atoms with Gasteiger partial charge in [0.25, 0.3) is 0 Å². The molecule has 0 fully saturated rings. The number of benzene rings is 5. The summed E-state index contributed by atoms with van der Waals surface area (Å²) in [6, 6.07) is 33.0. The average Bonchev–Trinajstić information content (AvgIpc) is 3.29. The SMILES string of the molecule is O=Cc1ccc(-c2ccc(-c3nc4c(ccc5c6ccccc6ccc54)[nH]3)cc2)cc1. The predicted octanol–water partition coefficient (Wildman–Crippen LogP) is 7.02. The molecule has 1 N–H and O–H groups in total. The fraction of sp³-hybridized carbons (Fsp3) is 0. The van der Waals surface area contributed by atoms with E-state index in [0.29, 0.717) is 5.56 Å². The molecule has 0 aliphatic heterocycles. The van der Waals surface area contributed by atoms with Crippen LogP contribution in [0.3, 0.4) is 0 Å². The molecular formula is C28H18N2O. The van der Waals surface area contributed by atoms with E-state index in [2.05, 4.69) is 77.8 Å². The van der Waals surface area contributed by atoms with E-state index in [1.54, 1.807) is 0 Å². The summed E-state index contributed by atoms with van der Waals surface area (Å²) in [6.45, 7) is 0. The quantitative estimate of drug-likeness (QED) is 0.257. The van der Waals surface area contributed by atoms with E-state index in [0.717, 1.165) is 45.2 Å². The van der Waals surface area contributed by atoms with Gasteiger partial charge >= 0.3 is 0 Å². The Hall–Kier alpha value is -4.24. The Balaban J connectivity index is 1.43. The highest BCUT2D eigenvalue weighted by Crippen LogP contribution is 2.32. The number of rotatable bonds is 3. The minimum absolute atomic E-state index is 0.683. The first-order valence-electron chi connectivity index (χ1n) is 10.3. The molecule has 3 nitrogen and oxygen atoms in total. The van der Waals surface area contributed by atoms with Gasteiger partial charge < -0.3 is 4.98 Å². The van der Waals surface area contributed by atoms with Crippen molar-refractivity contribution in [2.75, 3.05) is 0 Å². The second-order valence-corrected chi connectivity index (χ2v) is 7.75. The van der Waals surface area contributed by atoms with Gasteiger partial charge in [-0.05, 0) is 33.4 Å². The van der Waals surface area contributed by atoms with Gasteiger partial charge in [0.1, 0.15) is 12.1 Å². The molecule has 1 aromatic heterocycles. The molecule has 6 rings (SSSR count). The van der Waals surface area contributed by atoms with Crippen molar-refractivity contribution in [3.8, 4) is 22.5 Å². The minimum Gasteiger partial charge on any atom is -0.338 e. The second kappa shape index (κ2) is 6.92. The zero-order valence-electron chi connectivity index (χ0n) is 16.7. The van der Waals surface area contributed by atoms with Crippen LogP contribution in [0.25, 0.3) is 55.1 Å². The van der Waals surface area contributed by atoms with Crippen LogP contribution >= 0.6 is 0 Å². The molecule has 5 aromatic carbocycles. The van der Waals surface area contributed by atoms with E-state index in [1.807, 2.05) is 24.3 Å². The van der Waals surface area contributed by atoms with Crippen LogP contribution < -0.4 is 0 Å². The van der Waals surface area contributed by atoms with Crippen LogP contribution in [0.1, 0.15) is 10.4 Å². The van der Waals surface area contributed by atoms with Gasteiger partial charge in [-0.15, -0.1) is 0 Å². The van der Waals surface area contributed by atoms with Gasteiger partial charge in [-0.1, -0.05) is 91.0 Å². The summed E-state index contributed by atoms with van der Waals surface area (Å²) in [5.74, 6) is 0.860. The molecule has 0 saturated carbocycles. The Morgan fingerprint density at radius 3 is 2.06 bits per heavy atom. The summed E-state index contributed by atoms with van der Waals surface area (Å²) in [6.07, 6.45) is 0.862. The molecule has 3 heteroatoms. The number of nitrogens with one attached hydrogen (secondary N) is 1. The van der Waals surface area contributed by atoms with Crippen LogP contribution in [0.2, 0.25) is 0 Å². The lowest BCUT2D eigenvalue weighted by Crippen LogP contribution is -1.83. The maximum atomic E-state index is 10.9. The molecule has 0 aliphatic rings. The number of aromatic amines is 1. The number of nitrogens with zero attached hydrogens (tertiary/aromatic N) is 1. The van der Waals surface area contributed by atoms with Gasteiger partial charge in [0.15, 0.2) is 0 Å². The topological polar surface area (TPSA) is 45.8 Å². The third-order valence-corrected chi connectivity index (χ3v) is 5.91. The lowest BCUT2D eigenvalue weighted by atomic mass is 10.0. The maximum Gasteiger partial charge on any atom is 0.150 e. The summed E-state index contributed by atoms with van der Waals surface area (Å²) in [5, 5.41) is 4.86. The van der Waals surface area contributed by atoms with Crippen molar-refractivity contribution >= 4 is 38.9 Å². The fourth-order valence-corrected chi connectivity index (χ4v) is 4.27. The number of fused-ring (bicyclic) bond motifs is 5. The predicted molar refractivity (Wildman–Crippen MR) is 127 cm³/mol. The number of aromatic nitrogens is 2. The first-order chi connectivity index (χ1) is 15.3. The normalized spacial score (nSPS) is 11.4. The standard InChI is InChI=1S/C28H18N2O/c31-17-18-5-7-19(8-6-18)20-9-11-22(12-10-20)28-29-26-16-15-24-23-4-2-1-3-21(23)13-14-25(24)27(26)30-28/h1-17H,(H,29,30). The van der Waals surface area contributed by atoms with Gasteiger partial charge in [-0.2, -0.15) is 0 Å². The van der Waals surface area contributed by atoms with Crippen molar-refractivity contribution < 1.29 is 4.79 Å². The molecule has 0 radical (unpaired) electrons. The highest BCUT2D eigenvalue weighted by molar-refractivity contribution is 6.15.